The van der Waals surface area contributed by atoms with E-state index in [9.17, 15) is 9.59 Å². The molecule has 0 atom stereocenters. The standard InChI is InChI=1S/C23H16Cl2N2O4S/c1-12-19(23(29)30-2)20(22-26-16-5-3-4-6-17(16)32-22)21(31-12)27-18(28)10-8-13-7-9-14(24)11-15(13)25/h3-11H,1-2H3,(H,27,28)/b10-8+. The van der Waals surface area contributed by atoms with E-state index in [4.69, 9.17) is 32.4 Å². The number of amides is 1. The lowest BCUT2D eigenvalue weighted by atomic mass is 10.1. The van der Waals surface area contributed by atoms with E-state index in [1.54, 1.807) is 31.2 Å². The molecule has 4 rings (SSSR count). The minimum atomic E-state index is -0.579. The number of halogens is 2. The molecule has 6 nitrogen and oxygen atoms in total. The summed E-state index contributed by atoms with van der Waals surface area (Å²) >= 11 is 13.4. The zero-order valence-corrected chi connectivity index (χ0v) is 19.3. The van der Waals surface area contributed by atoms with E-state index in [2.05, 4.69) is 10.3 Å². The number of ether oxygens (including phenoxy) is 1. The van der Waals surface area contributed by atoms with Crippen molar-refractivity contribution < 1.29 is 18.7 Å². The van der Waals surface area contributed by atoms with Gasteiger partial charge in [-0.2, -0.15) is 0 Å². The van der Waals surface area contributed by atoms with Gasteiger partial charge in [-0.05, 0) is 42.8 Å². The van der Waals surface area contributed by atoms with Crippen LogP contribution >= 0.6 is 34.5 Å². The maximum Gasteiger partial charge on any atom is 0.342 e. The molecule has 0 bridgehead atoms. The van der Waals surface area contributed by atoms with Crippen molar-refractivity contribution in [2.75, 3.05) is 12.4 Å². The fraction of sp³-hybridized carbons (Fsp3) is 0.0870. The second kappa shape index (κ2) is 9.16. The number of esters is 1. The zero-order chi connectivity index (χ0) is 22.8. The number of aryl methyl sites for hydroxylation is 1. The lowest BCUT2D eigenvalue weighted by molar-refractivity contribution is -0.111. The number of fused-ring (bicyclic) bond motifs is 1. The Morgan fingerprint density at radius 1 is 1.19 bits per heavy atom. The van der Waals surface area contributed by atoms with Crippen LogP contribution in [0.1, 0.15) is 21.7 Å². The van der Waals surface area contributed by atoms with E-state index in [-0.39, 0.29) is 11.4 Å². The number of hydrogen-bond acceptors (Lipinski definition) is 6. The SMILES string of the molecule is COC(=O)c1c(C)oc(NC(=O)/C=C/c2ccc(Cl)cc2Cl)c1-c1nc2ccccc2s1. The molecule has 0 aliphatic heterocycles. The Morgan fingerprint density at radius 2 is 1.97 bits per heavy atom. The number of hydrogen-bond donors (Lipinski definition) is 1. The number of furan rings is 1. The number of anilines is 1. The van der Waals surface area contributed by atoms with Crippen molar-refractivity contribution in [2.45, 2.75) is 6.92 Å². The van der Waals surface area contributed by atoms with Crippen LogP contribution < -0.4 is 5.32 Å². The number of methoxy groups -OCH3 is 1. The number of carbonyl (C=O) groups excluding carboxylic acids is 2. The molecule has 1 N–H and O–H groups in total. The molecule has 0 spiro atoms. The summed E-state index contributed by atoms with van der Waals surface area (Å²) in [6, 6.07) is 12.5. The van der Waals surface area contributed by atoms with Crippen LogP contribution in [0.4, 0.5) is 5.88 Å². The van der Waals surface area contributed by atoms with Gasteiger partial charge in [0.2, 0.25) is 5.88 Å². The first-order valence-corrected chi connectivity index (χ1v) is 11.0. The summed E-state index contributed by atoms with van der Waals surface area (Å²) in [5.41, 5.74) is 1.99. The minimum Gasteiger partial charge on any atom is -0.465 e. The van der Waals surface area contributed by atoms with Crippen molar-refractivity contribution in [3.8, 4) is 10.6 Å². The third kappa shape index (κ3) is 4.41. The van der Waals surface area contributed by atoms with E-state index < -0.39 is 11.9 Å². The van der Waals surface area contributed by atoms with Crippen LogP contribution in [0.2, 0.25) is 10.0 Å². The number of carbonyl (C=O) groups is 2. The quantitative estimate of drug-likeness (QED) is 0.253. The van der Waals surface area contributed by atoms with Crippen molar-refractivity contribution in [3.05, 3.63) is 75.5 Å². The van der Waals surface area contributed by atoms with E-state index >= 15 is 0 Å². The highest BCUT2D eigenvalue weighted by Crippen LogP contribution is 2.40. The highest BCUT2D eigenvalue weighted by molar-refractivity contribution is 7.21. The van der Waals surface area contributed by atoms with Crippen molar-refractivity contribution >= 4 is 68.6 Å². The summed E-state index contributed by atoms with van der Waals surface area (Å²) in [7, 11) is 1.29. The molecule has 0 fully saturated rings. The molecule has 0 unspecified atom stereocenters. The van der Waals surface area contributed by atoms with Gasteiger partial charge in [0.15, 0.2) is 0 Å². The second-order valence-corrected chi connectivity index (χ2v) is 8.58. The molecule has 4 aromatic rings. The summed E-state index contributed by atoms with van der Waals surface area (Å²) in [6.07, 6.45) is 2.87. The predicted molar refractivity (Wildman–Crippen MR) is 128 cm³/mol. The first kappa shape index (κ1) is 22.1. The molecular weight excluding hydrogens is 471 g/mol. The van der Waals surface area contributed by atoms with Crippen molar-refractivity contribution in [2.24, 2.45) is 0 Å². The summed E-state index contributed by atoms with van der Waals surface area (Å²) in [5, 5.41) is 4.14. The van der Waals surface area contributed by atoms with Gasteiger partial charge in [0.25, 0.3) is 5.91 Å². The third-order valence-corrected chi connectivity index (χ3v) is 6.21. The van der Waals surface area contributed by atoms with Gasteiger partial charge in [-0.25, -0.2) is 9.78 Å². The van der Waals surface area contributed by atoms with Gasteiger partial charge in [0.05, 0.1) is 22.9 Å². The first-order valence-electron chi connectivity index (χ1n) is 9.39. The van der Waals surface area contributed by atoms with Gasteiger partial charge < -0.3 is 9.15 Å². The molecule has 2 aromatic carbocycles. The van der Waals surface area contributed by atoms with E-state index in [1.807, 2.05) is 24.3 Å². The molecule has 0 saturated heterocycles. The maximum atomic E-state index is 12.6. The Kier molecular flexibility index (Phi) is 6.32. The molecular formula is C23H16Cl2N2O4S. The van der Waals surface area contributed by atoms with Crippen molar-refractivity contribution in [3.63, 3.8) is 0 Å². The topological polar surface area (TPSA) is 81.4 Å². The van der Waals surface area contributed by atoms with Gasteiger partial charge in [-0.3, -0.25) is 10.1 Å². The summed E-state index contributed by atoms with van der Waals surface area (Å²) in [4.78, 5) is 29.7. The average molecular weight is 487 g/mol. The van der Waals surface area contributed by atoms with E-state index in [1.165, 1.54) is 24.5 Å². The summed E-state index contributed by atoms with van der Waals surface area (Å²) in [5.74, 6) is -0.627. The highest BCUT2D eigenvalue weighted by atomic mass is 35.5. The lowest BCUT2D eigenvalue weighted by Crippen LogP contribution is -2.09. The van der Waals surface area contributed by atoms with Gasteiger partial charge in [-0.1, -0.05) is 41.4 Å². The van der Waals surface area contributed by atoms with Gasteiger partial charge >= 0.3 is 5.97 Å². The monoisotopic (exact) mass is 486 g/mol. The summed E-state index contributed by atoms with van der Waals surface area (Å²) in [6.45, 7) is 1.63. The third-order valence-electron chi connectivity index (χ3n) is 4.60. The Balaban J connectivity index is 1.71. The lowest BCUT2D eigenvalue weighted by Gasteiger charge is -2.03. The molecule has 0 aliphatic carbocycles. The van der Waals surface area contributed by atoms with Crippen molar-refractivity contribution in [1.82, 2.24) is 4.98 Å². The Hall–Kier alpha value is -3.13. The molecule has 32 heavy (non-hydrogen) atoms. The van der Waals surface area contributed by atoms with Crippen molar-refractivity contribution in [1.29, 1.82) is 0 Å². The van der Waals surface area contributed by atoms with Crippen LogP contribution in [0, 0.1) is 6.92 Å². The number of rotatable bonds is 5. The highest BCUT2D eigenvalue weighted by Gasteiger charge is 2.28. The Labute approximate surface area is 197 Å². The molecule has 0 radical (unpaired) electrons. The largest absolute Gasteiger partial charge is 0.465 e. The molecule has 1 amide bonds. The number of nitrogens with one attached hydrogen (secondary N) is 1. The van der Waals surface area contributed by atoms with Gasteiger partial charge in [0, 0.05) is 16.1 Å². The maximum absolute atomic E-state index is 12.6. The van der Waals surface area contributed by atoms with Gasteiger partial charge in [-0.15, -0.1) is 11.3 Å². The molecule has 2 heterocycles. The fourth-order valence-corrected chi connectivity index (χ4v) is 4.60. The van der Waals surface area contributed by atoms with E-state index in [0.29, 0.717) is 31.9 Å². The van der Waals surface area contributed by atoms with Crippen LogP contribution in [0.25, 0.3) is 26.9 Å². The minimum absolute atomic E-state index is 0.110. The fourth-order valence-electron chi connectivity index (χ4n) is 3.12. The van der Waals surface area contributed by atoms with Crippen LogP contribution in [-0.2, 0) is 9.53 Å². The molecule has 0 saturated carbocycles. The number of thiazole rings is 1. The normalized spacial score (nSPS) is 11.2. The Bertz CT molecular complexity index is 1340. The van der Waals surface area contributed by atoms with Crippen LogP contribution in [0.3, 0.4) is 0 Å². The Morgan fingerprint density at radius 3 is 2.69 bits per heavy atom. The number of benzene rings is 2. The van der Waals surface area contributed by atoms with Gasteiger partial charge in [0.1, 0.15) is 16.3 Å². The second-order valence-electron chi connectivity index (χ2n) is 6.70. The molecule has 2 aromatic heterocycles. The molecule has 9 heteroatoms. The average Bonchev–Trinajstić information content (AvgIpc) is 3.32. The van der Waals surface area contributed by atoms with E-state index in [0.717, 1.165) is 10.2 Å². The smallest absolute Gasteiger partial charge is 0.342 e. The van der Waals surface area contributed by atoms with Crippen LogP contribution in [0.15, 0.2) is 53.0 Å². The summed E-state index contributed by atoms with van der Waals surface area (Å²) < 4.78 is 11.6. The number of nitrogens with zero attached hydrogens (tertiary/aromatic N) is 1. The predicted octanol–water partition coefficient (Wildman–Crippen LogP) is 6.61. The zero-order valence-electron chi connectivity index (χ0n) is 16.9. The number of para-hydroxylation sites is 1. The number of aromatic nitrogens is 1. The molecule has 162 valence electrons. The van der Waals surface area contributed by atoms with Crippen LogP contribution in [0.5, 0.6) is 0 Å². The molecule has 0 aliphatic rings. The van der Waals surface area contributed by atoms with Crippen LogP contribution in [-0.4, -0.2) is 24.0 Å². The first-order chi connectivity index (χ1) is 15.4.